The van der Waals surface area contributed by atoms with E-state index < -0.39 is 0 Å². The van der Waals surface area contributed by atoms with Gasteiger partial charge in [0.05, 0.1) is 16.7 Å². The third kappa shape index (κ3) is 3.01. The van der Waals surface area contributed by atoms with Gasteiger partial charge in [0, 0.05) is 11.1 Å². The fourth-order valence-corrected chi connectivity index (χ4v) is 5.70. The molecule has 0 unspecified atom stereocenters. The van der Waals surface area contributed by atoms with Crippen molar-refractivity contribution >= 4 is 43.4 Å². The van der Waals surface area contributed by atoms with E-state index in [9.17, 15) is 0 Å². The van der Waals surface area contributed by atoms with Crippen LogP contribution < -0.4 is 0 Å². The van der Waals surface area contributed by atoms with Gasteiger partial charge in [-0.15, -0.1) is 0 Å². The highest BCUT2D eigenvalue weighted by Crippen LogP contribution is 2.39. The monoisotopic (exact) mass is 471 g/mol. The molecular weight excluding hydrogens is 450 g/mol. The van der Waals surface area contributed by atoms with Crippen LogP contribution in [0.4, 0.5) is 0 Å². The number of imidazole rings is 1. The average Bonchev–Trinajstić information content (AvgIpc) is 3.36. The summed E-state index contributed by atoms with van der Waals surface area (Å²) >= 11 is 0. The molecule has 0 saturated heterocycles. The predicted octanol–water partition coefficient (Wildman–Crippen LogP) is 8.65. The zero-order chi connectivity index (χ0) is 24.3. The molecule has 0 aliphatic heterocycles. The minimum Gasteiger partial charge on any atom is -0.276 e. The number of aromatic nitrogens is 3. The normalized spacial score (nSPS) is 11.8. The maximum absolute atomic E-state index is 5.23. The zero-order valence-electron chi connectivity index (χ0n) is 20.0. The van der Waals surface area contributed by atoms with Crippen LogP contribution in [0.25, 0.3) is 71.8 Å². The minimum absolute atomic E-state index is 0.857. The number of fused-ring (bicyclic) bond motifs is 1. The summed E-state index contributed by atoms with van der Waals surface area (Å²) in [5, 5.41) is 7.65. The Balaban J connectivity index is 1.39. The van der Waals surface area contributed by atoms with Crippen LogP contribution in [0.1, 0.15) is 0 Å². The molecule has 0 saturated carbocycles. The van der Waals surface area contributed by atoms with Crippen molar-refractivity contribution in [3.8, 4) is 28.5 Å². The highest BCUT2D eigenvalue weighted by molar-refractivity contribution is 6.25. The number of hydrogen-bond acceptors (Lipinski definition) is 2. The molecular formula is C34H21N3. The van der Waals surface area contributed by atoms with E-state index in [2.05, 4.69) is 108 Å². The summed E-state index contributed by atoms with van der Waals surface area (Å²) in [5.74, 6) is 1.75. The van der Waals surface area contributed by atoms with E-state index >= 15 is 0 Å². The lowest BCUT2D eigenvalue weighted by Crippen LogP contribution is -2.01. The summed E-state index contributed by atoms with van der Waals surface area (Å²) in [6.45, 7) is 0. The fourth-order valence-electron chi connectivity index (χ4n) is 5.70. The Bertz CT molecular complexity index is 2070. The lowest BCUT2D eigenvalue weighted by atomic mass is 9.91. The molecule has 3 nitrogen and oxygen atoms in total. The van der Waals surface area contributed by atoms with Crippen molar-refractivity contribution in [2.24, 2.45) is 0 Å². The molecule has 0 spiro atoms. The van der Waals surface area contributed by atoms with E-state index in [0.717, 1.165) is 39.5 Å². The van der Waals surface area contributed by atoms with Crippen LogP contribution in [0.5, 0.6) is 0 Å². The first-order valence-corrected chi connectivity index (χ1v) is 12.5. The van der Waals surface area contributed by atoms with E-state index in [1.165, 1.54) is 32.3 Å². The molecule has 0 aliphatic rings. The van der Waals surface area contributed by atoms with Crippen molar-refractivity contribution in [2.75, 3.05) is 0 Å². The van der Waals surface area contributed by atoms with Gasteiger partial charge >= 0.3 is 0 Å². The van der Waals surface area contributed by atoms with Crippen LogP contribution >= 0.6 is 0 Å². The smallest absolute Gasteiger partial charge is 0.146 e. The Morgan fingerprint density at radius 3 is 2.05 bits per heavy atom. The molecule has 37 heavy (non-hydrogen) atoms. The number of hydrogen-bond donors (Lipinski definition) is 0. The number of para-hydroxylation sites is 2. The number of nitrogens with zero attached hydrogens (tertiary/aromatic N) is 3. The molecule has 0 atom stereocenters. The average molecular weight is 472 g/mol. The highest BCUT2D eigenvalue weighted by atomic mass is 15.1. The molecule has 172 valence electrons. The molecule has 0 N–H and O–H groups in total. The van der Waals surface area contributed by atoms with Gasteiger partial charge in [0.15, 0.2) is 0 Å². The van der Waals surface area contributed by atoms with Gasteiger partial charge in [-0.2, -0.15) is 0 Å². The van der Waals surface area contributed by atoms with Crippen molar-refractivity contribution in [3.63, 3.8) is 0 Å². The Hall–Kier alpha value is -5.02. The summed E-state index contributed by atoms with van der Waals surface area (Å²) in [6, 6.07) is 44.7. The molecule has 6 aromatic carbocycles. The fraction of sp³-hybridized carbons (Fsp3) is 0. The maximum atomic E-state index is 5.23. The molecule has 8 aromatic rings. The van der Waals surface area contributed by atoms with Crippen LogP contribution in [0.2, 0.25) is 0 Å². The maximum Gasteiger partial charge on any atom is 0.146 e. The highest BCUT2D eigenvalue weighted by Gasteiger charge is 2.17. The largest absolute Gasteiger partial charge is 0.276 e. The van der Waals surface area contributed by atoms with Crippen LogP contribution in [0.3, 0.4) is 0 Å². The van der Waals surface area contributed by atoms with Crippen LogP contribution in [0.15, 0.2) is 127 Å². The van der Waals surface area contributed by atoms with Crippen molar-refractivity contribution in [1.82, 2.24) is 14.5 Å². The third-order valence-corrected chi connectivity index (χ3v) is 7.36. The van der Waals surface area contributed by atoms with Gasteiger partial charge in [0.25, 0.3) is 0 Å². The number of rotatable bonds is 3. The van der Waals surface area contributed by atoms with E-state index in [0.29, 0.717) is 0 Å². The van der Waals surface area contributed by atoms with Crippen LogP contribution in [-0.4, -0.2) is 14.5 Å². The first-order valence-electron chi connectivity index (χ1n) is 12.5. The van der Waals surface area contributed by atoms with Crippen molar-refractivity contribution in [3.05, 3.63) is 127 Å². The SMILES string of the molecule is c1ccc(-c2nc3ccccc3n2-c2cccc(-c3ccc4ccc5cccc6ccc3c4c56)n2)cc1. The van der Waals surface area contributed by atoms with Crippen molar-refractivity contribution < 1.29 is 0 Å². The summed E-state index contributed by atoms with van der Waals surface area (Å²) in [6.07, 6.45) is 0. The second-order valence-corrected chi connectivity index (χ2v) is 9.48. The lowest BCUT2D eigenvalue weighted by molar-refractivity contribution is 1.03. The van der Waals surface area contributed by atoms with Gasteiger partial charge in [-0.1, -0.05) is 103 Å². The first kappa shape index (κ1) is 20.2. The molecule has 0 radical (unpaired) electrons. The van der Waals surface area contributed by atoms with E-state index in [1.807, 2.05) is 24.3 Å². The van der Waals surface area contributed by atoms with Gasteiger partial charge in [-0.25, -0.2) is 9.97 Å². The zero-order valence-corrected chi connectivity index (χ0v) is 20.0. The lowest BCUT2D eigenvalue weighted by Gasteiger charge is -2.15. The number of benzene rings is 6. The van der Waals surface area contributed by atoms with E-state index in [-0.39, 0.29) is 0 Å². The molecule has 0 fully saturated rings. The predicted molar refractivity (Wildman–Crippen MR) is 153 cm³/mol. The third-order valence-electron chi connectivity index (χ3n) is 7.36. The summed E-state index contributed by atoms with van der Waals surface area (Å²) in [5.41, 5.74) is 5.15. The van der Waals surface area contributed by atoms with E-state index in [4.69, 9.17) is 9.97 Å². The standard InChI is InChI=1S/C34H21N3/c1-2-8-25(9-3-1)34-36-29-12-4-5-14-30(29)37(34)31-15-7-13-28(35-31)26-20-18-24-17-16-22-10-6-11-23-19-21-27(26)33(24)32(22)23/h1-21H. The van der Waals surface area contributed by atoms with Gasteiger partial charge < -0.3 is 0 Å². The van der Waals surface area contributed by atoms with Crippen molar-refractivity contribution in [1.29, 1.82) is 0 Å². The molecule has 3 heteroatoms. The Morgan fingerprint density at radius 1 is 0.486 bits per heavy atom. The first-order chi connectivity index (χ1) is 18.3. The molecule has 2 heterocycles. The molecule has 8 rings (SSSR count). The summed E-state index contributed by atoms with van der Waals surface area (Å²) < 4.78 is 2.17. The Morgan fingerprint density at radius 2 is 1.19 bits per heavy atom. The van der Waals surface area contributed by atoms with Gasteiger partial charge in [0.2, 0.25) is 0 Å². The van der Waals surface area contributed by atoms with Gasteiger partial charge in [0.1, 0.15) is 11.6 Å². The topological polar surface area (TPSA) is 30.7 Å². The Kier molecular flexibility index (Phi) is 4.23. The molecule has 0 aliphatic carbocycles. The van der Waals surface area contributed by atoms with Crippen LogP contribution in [-0.2, 0) is 0 Å². The summed E-state index contributed by atoms with van der Waals surface area (Å²) in [4.78, 5) is 10.2. The molecule has 0 bridgehead atoms. The van der Waals surface area contributed by atoms with E-state index in [1.54, 1.807) is 0 Å². The second kappa shape index (κ2) is 7.74. The van der Waals surface area contributed by atoms with Gasteiger partial charge in [-0.3, -0.25) is 4.57 Å². The molecule has 0 amide bonds. The summed E-state index contributed by atoms with van der Waals surface area (Å²) in [7, 11) is 0. The van der Waals surface area contributed by atoms with Crippen LogP contribution in [0, 0.1) is 0 Å². The van der Waals surface area contributed by atoms with Gasteiger partial charge in [-0.05, 0) is 56.6 Å². The second-order valence-electron chi connectivity index (χ2n) is 9.48. The van der Waals surface area contributed by atoms with Crippen molar-refractivity contribution in [2.45, 2.75) is 0 Å². The molecule has 2 aromatic heterocycles. The quantitative estimate of drug-likeness (QED) is 0.241. The Labute approximate surface area is 213 Å². The number of pyridine rings is 1. The minimum atomic E-state index is 0.857.